The minimum atomic E-state index is -0.415. The lowest BCUT2D eigenvalue weighted by Crippen LogP contribution is -2.28. The Morgan fingerprint density at radius 1 is 1.43 bits per heavy atom. The summed E-state index contributed by atoms with van der Waals surface area (Å²) < 4.78 is 0. The van der Waals surface area contributed by atoms with E-state index in [4.69, 9.17) is 4.84 Å². The molecule has 0 aliphatic carbocycles. The van der Waals surface area contributed by atoms with Crippen LogP contribution >= 0.6 is 0 Å². The Bertz CT molecular complexity index is 336. The van der Waals surface area contributed by atoms with Crippen molar-refractivity contribution in [2.75, 3.05) is 6.54 Å². The second kappa shape index (κ2) is 3.42. The summed E-state index contributed by atoms with van der Waals surface area (Å²) in [6.07, 6.45) is 0.722. The van der Waals surface area contributed by atoms with Crippen molar-refractivity contribution >= 4 is 5.97 Å². The molecule has 1 saturated heterocycles. The summed E-state index contributed by atoms with van der Waals surface area (Å²) in [5.74, 6) is -0.165. The highest BCUT2D eigenvalue weighted by molar-refractivity contribution is 5.78. The quantitative estimate of drug-likeness (QED) is 0.765. The van der Waals surface area contributed by atoms with Crippen LogP contribution < -0.4 is 5.48 Å². The molecule has 0 aromatic heterocycles. The van der Waals surface area contributed by atoms with Gasteiger partial charge in [0.25, 0.3) is 0 Å². The minimum absolute atomic E-state index is 0.165. The van der Waals surface area contributed by atoms with Crippen molar-refractivity contribution in [3.05, 3.63) is 35.9 Å². The number of rotatable bonds is 2. The van der Waals surface area contributed by atoms with Gasteiger partial charge in [-0.15, -0.1) is 0 Å². The summed E-state index contributed by atoms with van der Waals surface area (Å²) >= 11 is 0. The first-order chi connectivity index (χ1) is 6.71. The van der Waals surface area contributed by atoms with Gasteiger partial charge in [0, 0.05) is 6.54 Å². The van der Waals surface area contributed by atoms with E-state index in [0.29, 0.717) is 6.54 Å². The van der Waals surface area contributed by atoms with Crippen LogP contribution in [0.1, 0.15) is 12.5 Å². The number of carbonyl (C=O) groups excluding carboxylic acids is 1. The van der Waals surface area contributed by atoms with Gasteiger partial charge in [-0.25, -0.2) is 4.79 Å². The highest BCUT2D eigenvalue weighted by Crippen LogP contribution is 2.26. The van der Waals surface area contributed by atoms with Crippen molar-refractivity contribution in [3.8, 4) is 0 Å². The Labute approximate surface area is 83.0 Å². The van der Waals surface area contributed by atoms with E-state index in [2.05, 4.69) is 5.48 Å². The lowest BCUT2D eigenvalue weighted by molar-refractivity contribution is -0.149. The molecule has 3 nitrogen and oxygen atoms in total. The third-order valence-corrected chi connectivity index (χ3v) is 2.56. The average molecular weight is 191 g/mol. The van der Waals surface area contributed by atoms with Gasteiger partial charge in [0.15, 0.2) is 0 Å². The van der Waals surface area contributed by atoms with E-state index in [0.717, 1.165) is 12.0 Å². The van der Waals surface area contributed by atoms with E-state index in [9.17, 15) is 4.79 Å². The summed E-state index contributed by atoms with van der Waals surface area (Å²) in [5, 5.41) is 0. The van der Waals surface area contributed by atoms with E-state index >= 15 is 0 Å². The summed E-state index contributed by atoms with van der Waals surface area (Å²) in [7, 11) is 0. The fraction of sp³-hybridized carbons (Fsp3) is 0.364. The van der Waals surface area contributed by atoms with Crippen molar-refractivity contribution in [2.45, 2.75) is 13.3 Å². The first kappa shape index (κ1) is 9.21. The molecule has 0 bridgehead atoms. The standard InChI is InChI=1S/C11H13NO2/c1-11(8-12-14-10(11)13)7-9-5-3-2-4-6-9/h2-6,12H,7-8H2,1H3. The number of hydroxylamine groups is 1. The number of carbonyl (C=O) groups is 1. The topological polar surface area (TPSA) is 38.3 Å². The predicted octanol–water partition coefficient (Wildman–Crippen LogP) is 1.30. The molecule has 3 heteroatoms. The molecule has 0 radical (unpaired) electrons. The smallest absolute Gasteiger partial charge is 0.332 e. The second-order valence-electron chi connectivity index (χ2n) is 3.93. The highest BCUT2D eigenvalue weighted by atomic mass is 16.7. The van der Waals surface area contributed by atoms with Crippen LogP contribution in [0, 0.1) is 5.41 Å². The van der Waals surface area contributed by atoms with Crippen LogP contribution in [0.15, 0.2) is 30.3 Å². The van der Waals surface area contributed by atoms with E-state index in [1.54, 1.807) is 0 Å². The monoisotopic (exact) mass is 191 g/mol. The van der Waals surface area contributed by atoms with Gasteiger partial charge in [-0.3, -0.25) is 0 Å². The highest BCUT2D eigenvalue weighted by Gasteiger charge is 2.40. The van der Waals surface area contributed by atoms with Gasteiger partial charge in [0.2, 0.25) is 0 Å². The maximum Gasteiger partial charge on any atom is 0.332 e. The SMILES string of the molecule is CC1(Cc2ccccc2)CNOC1=O. The zero-order valence-electron chi connectivity index (χ0n) is 8.12. The van der Waals surface area contributed by atoms with Gasteiger partial charge in [0.05, 0.1) is 5.41 Å². The van der Waals surface area contributed by atoms with Gasteiger partial charge in [-0.2, -0.15) is 5.48 Å². The molecule has 1 unspecified atom stereocenters. The normalized spacial score (nSPS) is 26.2. The Hall–Kier alpha value is -1.35. The van der Waals surface area contributed by atoms with E-state index in [1.807, 2.05) is 37.3 Å². The predicted molar refractivity (Wildman–Crippen MR) is 52.3 cm³/mol. The molecule has 0 amide bonds. The van der Waals surface area contributed by atoms with Crippen LogP contribution in [0.5, 0.6) is 0 Å². The summed E-state index contributed by atoms with van der Waals surface area (Å²) in [6.45, 7) is 2.50. The minimum Gasteiger partial charge on any atom is -0.370 e. The van der Waals surface area contributed by atoms with Crippen molar-refractivity contribution in [3.63, 3.8) is 0 Å². The Morgan fingerprint density at radius 3 is 2.71 bits per heavy atom. The number of hydrogen-bond acceptors (Lipinski definition) is 3. The molecule has 1 aromatic rings. The maximum atomic E-state index is 11.4. The van der Waals surface area contributed by atoms with E-state index < -0.39 is 5.41 Å². The Kier molecular flexibility index (Phi) is 2.25. The average Bonchev–Trinajstić information content (AvgIpc) is 2.48. The van der Waals surface area contributed by atoms with E-state index in [-0.39, 0.29) is 5.97 Å². The maximum absolute atomic E-state index is 11.4. The molecule has 1 atom stereocenters. The van der Waals surface area contributed by atoms with Crippen molar-refractivity contribution < 1.29 is 9.63 Å². The van der Waals surface area contributed by atoms with Gasteiger partial charge in [-0.05, 0) is 18.9 Å². The molecular weight excluding hydrogens is 178 g/mol. The summed E-state index contributed by atoms with van der Waals surface area (Å²) in [6, 6.07) is 9.98. The van der Waals surface area contributed by atoms with Crippen LogP contribution in [0.4, 0.5) is 0 Å². The third-order valence-electron chi connectivity index (χ3n) is 2.56. The summed E-state index contributed by atoms with van der Waals surface area (Å²) in [5.41, 5.74) is 3.38. The van der Waals surface area contributed by atoms with Gasteiger partial charge >= 0.3 is 5.97 Å². The number of benzene rings is 1. The molecule has 1 N–H and O–H groups in total. The second-order valence-corrected chi connectivity index (χ2v) is 3.93. The Morgan fingerprint density at radius 2 is 2.14 bits per heavy atom. The number of hydrogen-bond donors (Lipinski definition) is 1. The van der Waals surface area contributed by atoms with Crippen LogP contribution in [-0.2, 0) is 16.1 Å². The zero-order chi connectivity index (χ0) is 10.0. The van der Waals surface area contributed by atoms with Crippen LogP contribution in [0.2, 0.25) is 0 Å². The lowest BCUT2D eigenvalue weighted by atomic mass is 9.84. The van der Waals surface area contributed by atoms with Crippen molar-refractivity contribution in [1.29, 1.82) is 0 Å². The molecular formula is C11H13NO2. The van der Waals surface area contributed by atoms with Crippen LogP contribution in [-0.4, -0.2) is 12.5 Å². The summed E-state index contributed by atoms with van der Waals surface area (Å²) in [4.78, 5) is 16.2. The van der Waals surface area contributed by atoms with Gasteiger partial charge in [-0.1, -0.05) is 30.3 Å². The van der Waals surface area contributed by atoms with Crippen molar-refractivity contribution in [1.82, 2.24) is 5.48 Å². The largest absolute Gasteiger partial charge is 0.370 e. The first-order valence-electron chi connectivity index (χ1n) is 4.69. The number of nitrogens with one attached hydrogen (secondary N) is 1. The third kappa shape index (κ3) is 1.63. The molecule has 14 heavy (non-hydrogen) atoms. The van der Waals surface area contributed by atoms with Crippen LogP contribution in [0.3, 0.4) is 0 Å². The molecule has 1 fully saturated rings. The molecule has 1 aliphatic rings. The molecule has 0 spiro atoms. The molecule has 1 aromatic carbocycles. The van der Waals surface area contributed by atoms with Gasteiger partial charge < -0.3 is 4.84 Å². The molecule has 0 saturated carbocycles. The van der Waals surface area contributed by atoms with Crippen LogP contribution in [0.25, 0.3) is 0 Å². The fourth-order valence-corrected chi connectivity index (χ4v) is 1.64. The zero-order valence-corrected chi connectivity index (χ0v) is 8.12. The molecule has 74 valence electrons. The molecule has 1 aliphatic heterocycles. The van der Waals surface area contributed by atoms with Crippen molar-refractivity contribution in [2.24, 2.45) is 5.41 Å². The first-order valence-corrected chi connectivity index (χ1v) is 4.69. The lowest BCUT2D eigenvalue weighted by Gasteiger charge is -2.17. The van der Waals surface area contributed by atoms with Gasteiger partial charge in [0.1, 0.15) is 0 Å². The van der Waals surface area contributed by atoms with E-state index in [1.165, 1.54) is 0 Å². The molecule has 2 rings (SSSR count). The fourth-order valence-electron chi connectivity index (χ4n) is 1.64. The Balaban J connectivity index is 2.14. The molecule has 1 heterocycles.